The number of anilines is 1. The molecular weight excluding hydrogens is 326 g/mol. The van der Waals surface area contributed by atoms with Crippen molar-refractivity contribution in [3.8, 4) is 6.07 Å². The maximum Gasteiger partial charge on any atom is 0.230 e. The van der Waals surface area contributed by atoms with Crippen LogP contribution in [-0.2, 0) is 11.2 Å². The Labute approximate surface area is 153 Å². The number of aryl methyl sites for hydroxylation is 1. The van der Waals surface area contributed by atoms with E-state index >= 15 is 0 Å². The van der Waals surface area contributed by atoms with Crippen LogP contribution in [0.15, 0.2) is 36.7 Å². The number of aromatic nitrogens is 2. The van der Waals surface area contributed by atoms with Gasteiger partial charge < -0.3 is 9.80 Å². The molecular formula is C20H21N5O. The molecule has 1 aliphatic heterocycles. The minimum Gasteiger partial charge on any atom is -0.352 e. The van der Waals surface area contributed by atoms with E-state index in [0.29, 0.717) is 24.6 Å². The van der Waals surface area contributed by atoms with Crippen LogP contribution in [0.1, 0.15) is 35.6 Å². The van der Waals surface area contributed by atoms with Crippen LogP contribution >= 0.6 is 0 Å². The van der Waals surface area contributed by atoms with Gasteiger partial charge in [0.15, 0.2) is 11.5 Å². The Morgan fingerprint density at radius 3 is 2.85 bits per heavy atom. The van der Waals surface area contributed by atoms with Crippen molar-refractivity contribution in [2.75, 3.05) is 31.1 Å². The average molecular weight is 347 g/mol. The number of rotatable bonds is 2. The first-order valence-electron chi connectivity index (χ1n) is 9.10. The second-order valence-electron chi connectivity index (χ2n) is 6.80. The van der Waals surface area contributed by atoms with E-state index in [2.05, 4.69) is 33.1 Å². The van der Waals surface area contributed by atoms with E-state index in [1.807, 2.05) is 17.0 Å². The van der Waals surface area contributed by atoms with Gasteiger partial charge in [0.2, 0.25) is 5.91 Å². The molecule has 0 N–H and O–H groups in total. The summed E-state index contributed by atoms with van der Waals surface area (Å²) in [5.41, 5.74) is 2.84. The third kappa shape index (κ3) is 3.01. The highest BCUT2D eigenvalue weighted by atomic mass is 16.2. The summed E-state index contributed by atoms with van der Waals surface area (Å²) in [6, 6.07) is 10.4. The zero-order valence-electron chi connectivity index (χ0n) is 14.6. The molecule has 0 saturated carbocycles. The minimum absolute atomic E-state index is 0.0102. The smallest absolute Gasteiger partial charge is 0.230 e. The fourth-order valence-corrected chi connectivity index (χ4v) is 4.02. The highest BCUT2D eigenvalue weighted by molar-refractivity contribution is 5.85. The predicted molar refractivity (Wildman–Crippen MR) is 97.7 cm³/mol. The summed E-state index contributed by atoms with van der Waals surface area (Å²) in [5, 5.41) is 9.25. The topological polar surface area (TPSA) is 73.1 Å². The van der Waals surface area contributed by atoms with Crippen LogP contribution in [0, 0.1) is 11.3 Å². The number of fused-ring (bicyclic) bond motifs is 1. The van der Waals surface area contributed by atoms with Crippen LogP contribution in [0.2, 0.25) is 0 Å². The first-order valence-corrected chi connectivity index (χ1v) is 9.10. The quantitative estimate of drug-likeness (QED) is 0.832. The largest absolute Gasteiger partial charge is 0.352 e. The summed E-state index contributed by atoms with van der Waals surface area (Å²) in [6.07, 6.45) is 5.90. The lowest BCUT2D eigenvalue weighted by molar-refractivity contribution is -0.132. The van der Waals surface area contributed by atoms with Crippen molar-refractivity contribution in [2.24, 2.45) is 0 Å². The van der Waals surface area contributed by atoms with Crippen molar-refractivity contribution < 1.29 is 4.79 Å². The number of hydrogen-bond donors (Lipinski definition) is 0. The second kappa shape index (κ2) is 7.12. The molecule has 0 spiro atoms. The normalized spacial score (nSPS) is 19.6. The van der Waals surface area contributed by atoms with Gasteiger partial charge in [0.25, 0.3) is 0 Å². The van der Waals surface area contributed by atoms with E-state index in [-0.39, 0.29) is 11.8 Å². The van der Waals surface area contributed by atoms with Crippen molar-refractivity contribution in [1.82, 2.24) is 14.9 Å². The predicted octanol–water partition coefficient (Wildman–Crippen LogP) is 2.12. The first-order chi connectivity index (χ1) is 12.8. The van der Waals surface area contributed by atoms with Gasteiger partial charge in [-0.1, -0.05) is 24.3 Å². The minimum atomic E-state index is -0.0102. The van der Waals surface area contributed by atoms with Crippen molar-refractivity contribution in [1.29, 1.82) is 5.26 Å². The third-order valence-corrected chi connectivity index (χ3v) is 5.32. The van der Waals surface area contributed by atoms with Gasteiger partial charge in [0, 0.05) is 38.6 Å². The lowest BCUT2D eigenvalue weighted by atomic mass is 10.00. The fraction of sp³-hybridized carbons (Fsp3) is 0.400. The Bertz CT molecular complexity index is 859. The molecule has 6 nitrogen and oxygen atoms in total. The third-order valence-electron chi connectivity index (χ3n) is 5.32. The summed E-state index contributed by atoms with van der Waals surface area (Å²) < 4.78 is 0. The van der Waals surface area contributed by atoms with Gasteiger partial charge in [-0.25, -0.2) is 9.97 Å². The molecule has 132 valence electrons. The van der Waals surface area contributed by atoms with Crippen LogP contribution in [0.4, 0.5) is 5.82 Å². The number of carbonyl (C=O) groups is 1. The standard InChI is InChI=1S/C20H21N5O/c21-14-18-19(23-9-8-22-18)24-10-3-11-25(13-12-24)20(26)17-7-6-15-4-1-2-5-16(15)17/h1-2,4-5,8-9,17H,3,6-7,10-13H2. The van der Waals surface area contributed by atoms with Crippen LogP contribution in [-0.4, -0.2) is 47.0 Å². The fourth-order valence-electron chi connectivity index (χ4n) is 4.02. The van der Waals surface area contributed by atoms with Gasteiger partial charge >= 0.3 is 0 Å². The molecule has 0 radical (unpaired) electrons. The number of amides is 1. The van der Waals surface area contributed by atoms with E-state index in [4.69, 9.17) is 0 Å². The highest BCUT2D eigenvalue weighted by Gasteiger charge is 2.32. The Morgan fingerprint density at radius 1 is 1.12 bits per heavy atom. The second-order valence-corrected chi connectivity index (χ2v) is 6.80. The van der Waals surface area contributed by atoms with Crippen LogP contribution in [0.3, 0.4) is 0 Å². The maximum absolute atomic E-state index is 13.1. The summed E-state index contributed by atoms with van der Waals surface area (Å²) in [4.78, 5) is 25.6. The summed E-state index contributed by atoms with van der Waals surface area (Å²) in [5.74, 6) is 0.843. The van der Waals surface area contributed by atoms with Crippen LogP contribution in [0.25, 0.3) is 0 Å². The van der Waals surface area contributed by atoms with Gasteiger partial charge in [0.1, 0.15) is 6.07 Å². The van der Waals surface area contributed by atoms with Gasteiger partial charge in [-0.2, -0.15) is 5.26 Å². The van der Waals surface area contributed by atoms with Crippen molar-refractivity contribution in [3.05, 3.63) is 53.5 Å². The summed E-state index contributed by atoms with van der Waals surface area (Å²) in [7, 11) is 0. The van der Waals surface area contributed by atoms with Gasteiger partial charge in [-0.15, -0.1) is 0 Å². The molecule has 6 heteroatoms. The molecule has 1 unspecified atom stereocenters. The SMILES string of the molecule is N#Cc1nccnc1N1CCCN(C(=O)C2CCc3ccccc32)CC1. The molecule has 1 aliphatic carbocycles. The van der Waals surface area contributed by atoms with Gasteiger partial charge in [0.05, 0.1) is 5.92 Å². The number of nitriles is 1. The van der Waals surface area contributed by atoms with Gasteiger partial charge in [-0.3, -0.25) is 4.79 Å². The molecule has 1 aromatic carbocycles. The number of hydrogen-bond acceptors (Lipinski definition) is 5. The Hall–Kier alpha value is -2.94. The monoisotopic (exact) mass is 347 g/mol. The highest BCUT2D eigenvalue weighted by Crippen LogP contribution is 2.34. The van der Waals surface area contributed by atoms with E-state index in [1.165, 1.54) is 17.3 Å². The van der Waals surface area contributed by atoms with E-state index in [0.717, 1.165) is 32.4 Å². The first kappa shape index (κ1) is 16.5. The van der Waals surface area contributed by atoms with E-state index in [9.17, 15) is 10.1 Å². The van der Waals surface area contributed by atoms with Crippen molar-refractivity contribution >= 4 is 11.7 Å². The Kier molecular flexibility index (Phi) is 4.53. The number of nitrogens with zero attached hydrogens (tertiary/aromatic N) is 5. The molecule has 1 fully saturated rings. The molecule has 4 rings (SSSR count). The number of benzene rings is 1. The van der Waals surface area contributed by atoms with E-state index in [1.54, 1.807) is 6.20 Å². The zero-order valence-corrected chi connectivity index (χ0v) is 14.6. The maximum atomic E-state index is 13.1. The lowest BCUT2D eigenvalue weighted by Crippen LogP contribution is -2.38. The molecule has 1 aromatic heterocycles. The summed E-state index contributed by atoms with van der Waals surface area (Å²) >= 11 is 0. The molecule has 1 atom stereocenters. The van der Waals surface area contributed by atoms with Crippen LogP contribution < -0.4 is 4.90 Å². The average Bonchev–Trinajstić information content (AvgIpc) is 2.97. The van der Waals surface area contributed by atoms with E-state index < -0.39 is 0 Å². The molecule has 2 aromatic rings. The zero-order chi connectivity index (χ0) is 17.9. The van der Waals surface area contributed by atoms with Crippen LogP contribution in [0.5, 0.6) is 0 Å². The molecule has 26 heavy (non-hydrogen) atoms. The Morgan fingerprint density at radius 2 is 1.96 bits per heavy atom. The summed E-state index contributed by atoms with van der Waals surface area (Å²) in [6.45, 7) is 2.85. The molecule has 0 bridgehead atoms. The molecule has 1 saturated heterocycles. The molecule has 2 aliphatic rings. The molecule has 2 heterocycles. The number of carbonyl (C=O) groups excluding carboxylic acids is 1. The Balaban J connectivity index is 1.48. The van der Waals surface area contributed by atoms with Crippen molar-refractivity contribution in [2.45, 2.75) is 25.2 Å². The van der Waals surface area contributed by atoms with Crippen molar-refractivity contribution in [3.63, 3.8) is 0 Å². The lowest BCUT2D eigenvalue weighted by Gasteiger charge is -2.25. The molecule has 1 amide bonds. The van der Waals surface area contributed by atoms with Gasteiger partial charge in [-0.05, 0) is 30.4 Å².